The summed E-state index contributed by atoms with van der Waals surface area (Å²) in [5.74, 6) is -3.05. The van der Waals surface area contributed by atoms with Crippen LogP contribution in [-0.4, -0.2) is 56.9 Å². The number of amides is 4. The topological polar surface area (TPSA) is 162 Å². The molecule has 56 heavy (non-hydrogen) atoms. The molecule has 0 saturated carbocycles. The minimum Gasteiger partial charge on any atom is -0.393 e. The lowest BCUT2D eigenvalue weighted by molar-refractivity contribution is -0.134. The first kappa shape index (κ1) is 43.3. The molecule has 7 atom stereocenters. The van der Waals surface area contributed by atoms with Crippen LogP contribution in [0, 0.1) is 23.7 Å². The first-order chi connectivity index (χ1) is 27.1. The highest BCUT2D eigenvalue weighted by atomic mass is 16.3. The number of nitrogens with one attached hydrogen (secondary N) is 4. The Morgan fingerprint density at radius 3 is 1.27 bits per heavy atom. The number of hydrogen-bond donors (Lipinski definition) is 5. The Morgan fingerprint density at radius 2 is 0.929 bits per heavy atom. The highest BCUT2D eigenvalue weighted by molar-refractivity contribution is 5.89. The fourth-order valence-electron chi connectivity index (χ4n) is 6.64. The maximum absolute atomic E-state index is 14.2. The van der Waals surface area contributed by atoms with Gasteiger partial charge in [0.25, 0.3) is 0 Å². The van der Waals surface area contributed by atoms with E-state index in [1.54, 1.807) is 24.5 Å². The van der Waals surface area contributed by atoms with E-state index in [1.807, 2.05) is 113 Å². The third kappa shape index (κ3) is 14.0. The Hall–Kier alpha value is -5.42. The van der Waals surface area contributed by atoms with Crippen LogP contribution in [0.5, 0.6) is 0 Å². The molecule has 2 aromatic heterocycles. The highest BCUT2D eigenvalue weighted by Crippen LogP contribution is 2.23. The molecule has 5 N–H and O–H groups in total. The Labute approximate surface area is 331 Å². The summed E-state index contributed by atoms with van der Waals surface area (Å²) in [5, 5.41) is 23.6. The molecule has 0 spiro atoms. The van der Waals surface area contributed by atoms with Crippen LogP contribution in [0.1, 0.15) is 75.9 Å². The first-order valence-corrected chi connectivity index (χ1v) is 19.8. The van der Waals surface area contributed by atoms with Crippen molar-refractivity contribution < 1.29 is 24.3 Å². The van der Waals surface area contributed by atoms with Gasteiger partial charge in [-0.05, 0) is 72.9 Å². The monoisotopic (exact) mass is 762 g/mol. The van der Waals surface area contributed by atoms with E-state index < -0.39 is 30.0 Å². The Bertz CT molecular complexity index is 1650. The molecular formula is C45H58N6O5. The summed E-state index contributed by atoms with van der Waals surface area (Å²) < 4.78 is 0. The zero-order valence-electron chi connectivity index (χ0n) is 33.1. The zero-order chi connectivity index (χ0) is 40.3. The molecule has 0 radical (unpaired) electrons. The number of nitrogens with zero attached hydrogens (tertiary/aromatic N) is 2. The van der Waals surface area contributed by atoms with Gasteiger partial charge in [0, 0.05) is 24.2 Å². The molecule has 0 saturated heterocycles. The molecule has 0 bridgehead atoms. The normalized spacial score (nSPS) is 14.9. The van der Waals surface area contributed by atoms with E-state index in [2.05, 4.69) is 31.2 Å². The molecule has 4 rings (SSSR count). The van der Waals surface area contributed by atoms with Crippen LogP contribution < -0.4 is 21.3 Å². The number of hydrogen-bond acceptors (Lipinski definition) is 7. The SMILES string of the molecule is CC[C@H](C)[C@H](NC(=O)[C@H](Cc1ccccc1)CC(O)C[C@@H](Cc1ccccc1)C(=O)N[C@@H](C(=O)NCc1ccccn1)[C@@H](C)CC)C(=O)NCc1ccccn1. The molecule has 298 valence electrons. The molecule has 4 amide bonds. The van der Waals surface area contributed by atoms with Gasteiger partial charge in [0.2, 0.25) is 23.6 Å². The van der Waals surface area contributed by atoms with Crippen molar-refractivity contribution in [2.45, 2.75) is 97.5 Å². The van der Waals surface area contributed by atoms with Gasteiger partial charge in [0.15, 0.2) is 0 Å². The smallest absolute Gasteiger partial charge is 0.243 e. The third-order valence-electron chi connectivity index (χ3n) is 10.4. The summed E-state index contributed by atoms with van der Waals surface area (Å²) in [6.45, 7) is 8.23. The van der Waals surface area contributed by atoms with Crippen molar-refractivity contribution in [3.05, 3.63) is 132 Å². The highest BCUT2D eigenvalue weighted by Gasteiger charge is 2.33. The van der Waals surface area contributed by atoms with Gasteiger partial charge >= 0.3 is 0 Å². The van der Waals surface area contributed by atoms with Crippen LogP contribution in [0.25, 0.3) is 0 Å². The molecule has 2 heterocycles. The summed E-state index contributed by atoms with van der Waals surface area (Å²) in [7, 11) is 0. The zero-order valence-corrected chi connectivity index (χ0v) is 33.1. The van der Waals surface area contributed by atoms with Crippen LogP contribution in [-0.2, 0) is 45.1 Å². The molecule has 0 aliphatic carbocycles. The average molecular weight is 763 g/mol. The number of benzene rings is 2. The number of aromatic nitrogens is 2. The second-order valence-electron chi connectivity index (χ2n) is 14.7. The fourth-order valence-corrected chi connectivity index (χ4v) is 6.64. The van der Waals surface area contributed by atoms with Gasteiger partial charge in [-0.1, -0.05) is 113 Å². The van der Waals surface area contributed by atoms with E-state index in [-0.39, 0.29) is 61.4 Å². The van der Waals surface area contributed by atoms with Crippen molar-refractivity contribution in [2.75, 3.05) is 0 Å². The van der Waals surface area contributed by atoms with Gasteiger partial charge in [-0.25, -0.2) is 0 Å². The average Bonchev–Trinajstić information content (AvgIpc) is 3.23. The molecule has 2 aromatic carbocycles. The number of aliphatic hydroxyl groups is 1. The van der Waals surface area contributed by atoms with Gasteiger partial charge < -0.3 is 26.4 Å². The Kier molecular flexibility index (Phi) is 17.7. The summed E-state index contributed by atoms with van der Waals surface area (Å²) in [6.07, 6.45) is 4.36. The number of aliphatic hydroxyl groups excluding tert-OH is 1. The van der Waals surface area contributed by atoms with Crippen molar-refractivity contribution in [3.63, 3.8) is 0 Å². The van der Waals surface area contributed by atoms with Crippen LogP contribution in [0.15, 0.2) is 109 Å². The predicted octanol–water partition coefficient (Wildman–Crippen LogP) is 5.33. The molecule has 0 aliphatic heterocycles. The quantitative estimate of drug-likeness (QED) is 0.0723. The van der Waals surface area contributed by atoms with Crippen molar-refractivity contribution in [3.8, 4) is 0 Å². The van der Waals surface area contributed by atoms with Crippen molar-refractivity contribution >= 4 is 23.6 Å². The van der Waals surface area contributed by atoms with Crippen molar-refractivity contribution in [2.24, 2.45) is 23.7 Å². The maximum Gasteiger partial charge on any atom is 0.243 e. The minimum atomic E-state index is -1.05. The van der Waals surface area contributed by atoms with Gasteiger partial charge in [-0.2, -0.15) is 0 Å². The van der Waals surface area contributed by atoms with Gasteiger partial charge in [0.1, 0.15) is 12.1 Å². The summed E-state index contributed by atoms with van der Waals surface area (Å²) >= 11 is 0. The molecule has 11 heteroatoms. The van der Waals surface area contributed by atoms with Gasteiger partial charge in [-0.15, -0.1) is 0 Å². The van der Waals surface area contributed by atoms with Crippen molar-refractivity contribution in [1.29, 1.82) is 0 Å². The lowest BCUT2D eigenvalue weighted by atomic mass is 9.86. The second kappa shape index (κ2) is 22.8. The standard InChI is InChI=1S/C45H58N6O5/c1-5-31(3)40(44(55)48-29-37-21-13-15-23-46-37)50-42(53)35(25-33-17-9-7-10-18-33)27-39(52)28-36(26-34-19-11-8-12-20-34)43(54)51-41(32(4)6-2)45(56)49-30-38-22-14-16-24-47-38/h7-24,31-32,35-36,39-41,52H,5-6,25-30H2,1-4H3,(H,48,55)(H,49,56)(H,50,53)(H,51,54)/t31-,32-,35+,36+,39?,40-,41+/m0/s1. The Morgan fingerprint density at radius 1 is 0.554 bits per heavy atom. The molecule has 0 aliphatic rings. The lowest BCUT2D eigenvalue weighted by Gasteiger charge is -2.29. The number of carbonyl (C=O) groups excluding carboxylic acids is 4. The van der Waals surface area contributed by atoms with Gasteiger partial charge in [0.05, 0.1) is 30.6 Å². The number of rotatable bonds is 22. The van der Waals surface area contributed by atoms with E-state index in [9.17, 15) is 24.3 Å². The summed E-state index contributed by atoms with van der Waals surface area (Å²) in [5.41, 5.74) is 3.22. The van der Waals surface area contributed by atoms with Gasteiger partial charge in [-0.3, -0.25) is 29.1 Å². The van der Waals surface area contributed by atoms with E-state index in [1.165, 1.54) is 0 Å². The predicted molar refractivity (Wildman–Crippen MR) is 217 cm³/mol. The van der Waals surface area contributed by atoms with Crippen LogP contribution >= 0.6 is 0 Å². The lowest BCUT2D eigenvalue weighted by Crippen LogP contribution is -2.52. The van der Waals surface area contributed by atoms with E-state index in [4.69, 9.17) is 0 Å². The van der Waals surface area contributed by atoms with E-state index >= 15 is 0 Å². The number of pyridine rings is 2. The minimum absolute atomic E-state index is 0.0570. The number of carbonyl (C=O) groups is 4. The first-order valence-electron chi connectivity index (χ1n) is 19.8. The van der Waals surface area contributed by atoms with Crippen LogP contribution in [0.3, 0.4) is 0 Å². The van der Waals surface area contributed by atoms with Crippen LogP contribution in [0.4, 0.5) is 0 Å². The Balaban J connectivity index is 1.52. The molecule has 0 fully saturated rings. The maximum atomic E-state index is 14.2. The molecular weight excluding hydrogens is 705 g/mol. The molecule has 11 nitrogen and oxygen atoms in total. The second-order valence-corrected chi connectivity index (χ2v) is 14.7. The molecule has 4 aromatic rings. The summed E-state index contributed by atoms with van der Waals surface area (Å²) in [6, 6.07) is 28.5. The summed E-state index contributed by atoms with van der Waals surface area (Å²) in [4.78, 5) is 63.8. The largest absolute Gasteiger partial charge is 0.393 e. The van der Waals surface area contributed by atoms with E-state index in [0.717, 1.165) is 11.1 Å². The fraction of sp³-hybridized carbons (Fsp3) is 0.422. The third-order valence-corrected chi connectivity index (χ3v) is 10.4. The molecule has 1 unspecified atom stereocenters. The van der Waals surface area contributed by atoms with Crippen molar-refractivity contribution in [1.82, 2.24) is 31.2 Å². The van der Waals surface area contributed by atoms with Crippen LogP contribution in [0.2, 0.25) is 0 Å². The van der Waals surface area contributed by atoms with E-state index in [0.29, 0.717) is 37.1 Å².